The summed E-state index contributed by atoms with van der Waals surface area (Å²) < 4.78 is 37.0. The number of aromatic nitrogens is 1. The molecule has 2 aromatic rings. The van der Waals surface area contributed by atoms with Gasteiger partial charge in [0.05, 0.1) is 11.8 Å². The van der Waals surface area contributed by atoms with E-state index in [4.69, 9.17) is 0 Å². The number of hydrogen-bond acceptors (Lipinski definition) is 4. The zero-order chi connectivity index (χ0) is 14.6. The van der Waals surface area contributed by atoms with E-state index in [-0.39, 0.29) is 11.6 Å². The van der Waals surface area contributed by atoms with Crippen molar-refractivity contribution < 1.29 is 18.3 Å². The topological polar surface area (TPSA) is 57.5 Å². The molecule has 0 atom stereocenters. The highest BCUT2D eigenvalue weighted by Gasteiger charge is 2.30. The van der Waals surface area contributed by atoms with Gasteiger partial charge in [0.1, 0.15) is 11.6 Å². The minimum Gasteiger partial charge on any atom is -0.507 e. The number of benzene rings is 1. The Hall–Kier alpha value is -2.57. The van der Waals surface area contributed by atoms with Crippen molar-refractivity contribution >= 4 is 12.0 Å². The summed E-state index contributed by atoms with van der Waals surface area (Å²) in [5.74, 6) is 0.225. The van der Waals surface area contributed by atoms with Gasteiger partial charge in [0.15, 0.2) is 0 Å². The van der Waals surface area contributed by atoms with Crippen LogP contribution in [0.1, 0.15) is 11.1 Å². The van der Waals surface area contributed by atoms with Gasteiger partial charge in [-0.05, 0) is 24.3 Å². The van der Waals surface area contributed by atoms with Crippen LogP contribution in [-0.2, 0) is 6.18 Å². The number of nitrogens with zero attached hydrogens (tertiary/aromatic N) is 2. The van der Waals surface area contributed by atoms with Crippen LogP contribution >= 0.6 is 0 Å². The van der Waals surface area contributed by atoms with Gasteiger partial charge in [0.2, 0.25) is 0 Å². The van der Waals surface area contributed by atoms with Crippen molar-refractivity contribution in [2.45, 2.75) is 6.18 Å². The van der Waals surface area contributed by atoms with E-state index >= 15 is 0 Å². The lowest BCUT2D eigenvalue weighted by molar-refractivity contribution is -0.137. The zero-order valence-corrected chi connectivity index (χ0v) is 10.1. The highest BCUT2D eigenvalue weighted by atomic mass is 19.4. The molecule has 4 nitrogen and oxygen atoms in total. The van der Waals surface area contributed by atoms with Gasteiger partial charge in [-0.2, -0.15) is 18.3 Å². The van der Waals surface area contributed by atoms with E-state index in [0.29, 0.717) is 5.56 Å². The zero-order valence-electron chi connectivity index (χ0n) is 10.1. The number of halogens is 3. The SMILES string of the molecule is Oc1ccccc1/C=N/Nc1ccc(C(F)(F)F)cn1. The molecule has 0 radical (unpaired) electrons. The second kappa shape index (κ2) is 5.60. The van der Waals surface area contributed by atoms with Crippen molar-refractivity contribution in [1.82, 2.24) is 4.98 Å². The molecule has 0 spiro atoms. The summed E-state index contributed by atoms with van der Waals surface area (Å²) in [5.41, 5.74) is 2.13. The number of hydrogen-bond donors (Lipinski definition) is 2. The van der Waals surface area contributed by atoms with Crippen molar-refractivity contribution in [2.24, 2.45) is 5.10 Å². The lowest BCUT2D eigenvalue weighted by Gasteiger charge is -2.06. The lowest BCUT2D eigenvalue weighted by atomic mass is 10.2. The Labute approximate surface area is 112 Å². The van der Waals surface area contributed by atoms with Crippen molar-refractivity contribution in [1.29, 1.82) is 0 Å². The molecule has 0 bridgehead atoms. The average Bonchev–Trinajstić information content (AvgIpc) is 2.40. The molecule has 0 unspecified atom stereocenters. The molecule has 1 aromatic heterocycles. The first-order valence-electron chi connectivity index (χ1n) is 5.57. The predicted molar refractivity (Wildman–Crippen MR) is 68.6 cm³/mol. The van der Waals surface area contributed by atoms with E-state index in [0.717, 1.165) is 12.3 Å². The Balaban J connectivity index is 2.03. The molecule has 1 aromatic carbocycles. The van der Waals surface area contributed by atoms with Crippen LogP contribution in [0.3, 0.4) is 0 Å². The van der Waals surface area contributed by atoms with Gasteiger partial charge in [-0.3, -0.25) is 5.43 Å². The minimum atomic E-state index is -4.41. The largest absolute Gasteiger partial charge is 0.507 e. The molecule has 0 aliphatic rings. The van der Waals surface area contributed by atoms with E-state index in [9.17, 15) is 18.3 Å². The second-order valence-electron chi connectivity index (χ2n) is 3.86. The molecule has 2 rings (SSSR count). The summed E-state index contributed by atoms with van der Waals surface area (Å²) in [6.07, 6.45) is -2.35. The molecule has 0 amide bonds. The third kappa shape index (κ3) is 3.47. The van der Waals surface area contributed by atoms with Crippen LogP contribution < -0.4 is 5.43 Å². The number of rotatable bonds is 3. The van der Waals surface area contributed by atoms with Crippen molar-refractivity contribution in [3.8, 4) is 5.75 Å². The van der Waals surface area contributed by atoms with E-state index in [1.165, 1.54) is 18.3 Å². The molecule has 0 aliphatic carbocycles. The maximum Gasteiger partial charge on any atom is 0.417 e. The number of phenolic OH excluding ortho intramolecular Hbond substituents is 1. The first kappa shape index (κ1) is 13.9. The van der Waals surface area contributed by atoms with Crippen molar-refractivity contribution in [3.05, 3.63) is 53.7 Å². The Morgan fingerprint density at radius 3 is 2.50 bits per heavy atom. The molecular formula is C13H10F3N3O. The van der Waals surface area contributed by atoms with Gasteiger partial charge in [0.25, 0.3) is 0 Å². The first-order chi connectivity index (χ1) is 9.47. The Bertz CT molecular complexity index is 609. The van der Waals surface area contributed by atoms with Gasteiger partial charge >= 0.3 is 6.18 Å². The standard InChI is InChI=1S/C13H10F3N3O/c14-13(15,16)10-5-6-12(17-8-10)19-18-7-9-3-1-2-4-11(9)20/h1-8,20H,(H,17,19)/b18-7+. The predicted octanol–water partition coefficient (Wildman–Crippen LogP) is 3.25. The number of aromatic hydroxyl groups is 1. The number of para-hydroxylation sites is 1. The van der Waals surface area contributed by atoms with Gasteiger partial charge in [-0.15, -0.1) is 0 Å². The molecule has 7 heteroatoms. The highest BCUT2D eigenvalue weighted by molar-refractivity contribution is 5.83. The maximum atomic E-state index is 12.3. The molecule has 0 saturated heterocycles. The van der Waals surface area contributed by atoms with Crippen LogP contribution in [0.5, 0.6) is 5.75 Å². The fourth-order valence-corrected chi connectivity index (χ4v) is 1.39. The molecule has 0 fully saturated rings. The molecule has 104 valence electrons. The van der Waals surface area contributed by atoms with Gasteiger partial charge in [-0.1, -0.05) is 12.1 Å². The third-order valence-electron chi connectivity index (χ3n) is 2.41. The summed E-state index contributed by atoms with van der Waals surface area (Å²) in [6, 6.07) is 8.60. The van der Waals surface area contributed by atoms with E-state index < -0.39 is 11.7 Å². The van der Waals surface area contributed by atoms with Crippen LogP contribution in [0.15, 0.2) is 47.7 Å². The smallest absolute Gasteiger partial charge is 0.417 e. The Kier molecular flexibility index (Phi) is 3.88. The molecule has 1 heterocycles. The monoisotopic (exact) mass is 281 g/mol. The minimum absolute atomic E-state index is 0.0541. The van der Waals surface area contributed by atoms with Crippen molar-refractivity contribution in [3.63, 3.8) is 0 Å². The van der Waals surface area contributed by atoms with Crippen LogP contribution in [-0.4, -0.2) is 16.3 Å². The molecule has 0 saturated carbocycles. The average molecular weight is 281 g/mol. The molecule has 20 heavy (non-hydrogen) atoms. The normalized spacial score (nSPS) is 11.8. The molecular weight excluding hydrogens is 271 g/mol. The van der Waals surface area contributed by atoms with E-state index in [1.54, 1.807) is 18.2 Å². The summed E-state index contributed by atoms with van der Waals surface area (Å²) >= 11 is 0. The molecule has 0 aliphatic heterocycles. The van der Waals surface area contributed by atoms with Gasteiger partial charge < -0.3 is 5.11 Å². The fraction of sp³-hybridized carbons (Fsp3) is 0.0769. The number of alkyl halides is 3. The van der Waals surface area contributed by atoms with Crippen LogP contribution in [0, 0.1) is 0 Å². The van der Waals surface area contributed by atoms with Crippen molar-refractivity contribution in [2.75, 3.05) is 5.43 Å². The third-order valence-corrected chi connectivity index (χ3v) is 2.41. The van der Waals surface area contributed by atoms with E-state index in [1.807, 2.05) is 0 Å². The fourth-order valence-electron chi connectivity index (χ4n) is 1.39. The molecule has 2 N–H and O–H groups in total. The number of pyridine rings is 1. The van der Waals surface area contributed by atoms with Crippen LogP contribution in [0.25, 0.3) is 0 Å². The Morgan fingerprint density at radius 1 is 1.15 bits per heavy atom. The highest BCUT2D eigenvalue weighted by Crippen LogP contribution is 2.28. The van der Waals surface area contributed by atoms with Crippen LogP contribution in [0.2, 0.25) is 0 Å². The number of nitrogens with one attached hydrogen (secondary N) is 1. The number of phenols is 1. The summed E-state index contributed by atoms with van der Waals surface area (Å²) in [7, 11) is 0. The summed E-state index contributed by atoms with van der Waals surface area (Å²) in [5, 5.41) is 13.3. The maximum absolute atomic E-state index is 12.3. The number of hydrazone groups is 1. The van der Waals surface area contributed by atoms with E-state index in [2.05, 4.69) is 15.5 Å². The lowest BCUT2D eigenvalue weighted by Crippen LogP contribution is -2.05. The Morgan fingerprint density at radius 2 is 1.90 bits per heavy atom. The summed E-state index contributed by atoms with van der Waals surface area (Å²) in [6.45, 7) is 0. The van der Waals surface area contributed by atoms with Crippen LogP contribution in [0.4, 0.5) is 19.0 Å². The number of anilines is 1. The first-order valence-corrected chi connectivity index (χ1v) is 5.57. The van der Waals surface area contributed by atoms with Gasteiger partial charge in [0, 0.05) is 11.8 Å². The van der Waals surface area contributed by atoms with Gasteiger partial charge in [-0.25, -0.2) is 4.98 Å². The quantitative estimate of drug-likeness (QED) is 0.670. The second-order valence-corrected chi connectivity index (χ2v) is 3.86. The summed E-state index contributed by atoms with van der Waals surface area (Å²) in [4.78, 5) is 3.59.